The summed E-state index contributed by atoms with van der Waals surface area (Å²) in [5, 5.41) is 12.8. The molecule has 1 heterocycles. The fourth-order valence-corrected chi connectivity index (χ4v) is 4.46. The first-order valence-corrected chi connectivity index (χ1v) is 7.05. The molecule has 0 aromatic rings. The molecule has 0 radical (unpaired) electrons. The average Bonchev–Trinajstić information content (AvgIpc) is 2.56. The van der Waals surface area contributed by atoms with Gasteiger partial charge in [-0.15, -0.1) is 11.8 Å². The second kappa shape index (κ2) is 4.57. The van der Waals surface area contributed by atoms with Crippen molar-refractivity contribution in [2.75, 3.05) is 0 Å². The summed E-state index contributed by atoms with van der Waals surface area (Å²) in [6.45, 7) is 4.07. The molecule has 2 rings (SSSR count). The van der Waals surface area contributed by atoms with Crippen LogP contribution in [-0.2, 0) is 4.79 Å². The lowest BCUT2D eigenvalue weighted by Crippen LogP contribution is -2.45. The molecule has 0 aromatic heterocycles. The summed E-state index contributed by atoms with van der Waals surface area (Å²) in [6, 6.07) is -0.399. The number of carboxylic acids is 1. The van der Waals surface area contributed by atoms with Crippen molar-refractivity contribution in [1.82, 2.24) is 5.32 Å². The topological polar surface area (TPSA) is 49.3 Å². The molecule has 0 aromatic carbocycles. The standard InChI is InChI=1S/C12H21NO2S/c1-12(2)9(11(14)15)13-10(16-12)8-6-4-3-5-7-8/h8-10,13H,3-7H2,1-2H3,(H,14,15). The van der Waals surface area contributed by atoms with Crippen molar-refractivity contribution in [2.24, 2.45) is 5.92 Å². The third-order valence-electron chi connectivity index (χ3n) is 3.78. The van der Waals surface area contributed by atoms with Crippen molar-refractivity contribution < 1.29 is 9.90 Å². The number of hydrogen-bond donors (Lipinski definition) is 2. The van der Waals surface area contributed by atoms with Crippen LogP contribution < -0.4 is 5.32 Å². The molecule has 1 saturated carbocycles. The van der Waals surface area contributed by atoms with E-state index in [1.807, 2.05) is 25.6 Å². The highest BCUT2D eigenvalue weighted by Crippen LogP contribution is 2.44. The fraction of sp³-hybridized carbons (Fsp3) is 0.917. The van der Waals surface area contributed by atoms with E-state index in [4.69, 9.17) is 0 Å². The van der Waals surface area contributed by atoms with Crippen LogP contribution in [0.5, 0.6) is 0 Å². The van der Waals surface area contributed by atoms with Gasteiger partial charge in [0, 0.05) is 4.75 Å². The van der Waals surface area contributed by atoms with E-state index in [1.54, 1.807) is 0 Å². The first-order valence-electron chi connectivity index (χ1n) is 6.17. The van der Waals surface area contributed by atoms with Gasteiger partial charge in [0.2, 0.25) is 0 Å². The molecule has 2 unspecified atom stereocenters. The van der Waals surface area contributed by atoms with E-state index >= 15 is 0 Å². The van der Waals surface area contributed by atoms with Gasteiger partial charge in [-0.1, -0.05) is 19.3 Å². The Kier molecular flexibility index (Phi) is 3.50. The number of aliphatic carboxylic acids is 1. The van der Waals surface area contributed by atoms with Crippen LogP contribution in [0.15, 0.2) is 0 Å². The van der Waals surface area contributed by atoms with E-state index in [2.05, 4.69) is 5.32 Å². The lowest BCUT2D eigenvalue weighted by atomic mass is 9.88. The van der Waals surface area contributed by atoms with Crippen molar-refractivity contribution in [3.8, 4) is 0 Å². The van der Waals surface area contributed by atoms with Crippen LogP contribution in [0.4, 0.5) is 0 Å². The SMILES string of the molecule is CC1(C)SC(C2CCCCC2)NC1C(=O)O. The number of rotatable bonds is 2. The third-order valence-corrected chi connectivity index (χ3v) is 5.40. The molecule has 1 saturated heterocycles. The fourth-order valence-electron chi connectivity index (χ4n) is 2.83. The molecule has 92 valence electrons. The molecule has 2 aliphatic rings. The van der Waals surface area contributed by atoms with Gasteiger partial charge in [-0.3, -0.25) is 10.1 Å². The maximum atomic E-state index is 11.2. The van der Waals surface area contributed by atoms with E-state index in [1.165, 1.54) is 32.1 Å². The molecule has 16 heavy (non-hydrogen) atoms. The van der Waals surface area contributed by atoms with E-state index in [-0.39, 0.29) is 4.75 Å². The zero-order chi connectivity index (χ0) is 11.8. The van der Waals surface area contributed by atoms with Gasteiger partial charge < -0.3 is 5.11 Å². The predicted molar refractivity (Wildman–Crippen MR) is 66.6 cm³/mol. The first-order chi connectivity index (χ1) is 7.50. The molecule has 2 atom stereocenters. The van der Waals surface area contributed by atoms with Crippen LogP contribution in [-0.4, -0.2) is 27.2 Å². The minimum absolute atomic E-state index is 0.187. The molecule has 0 amide bonds. The van der Waals surface area contributed by atoms with E-state index in [0.29, 0.717) is 11.3 Å². The summed E-state index contributed by atoms with van der Waals surface area (Å²) in [7, 11) is 0. The Bertz CT molecular complexity index is 274. The number of carboxylic acid groups (broad SMARTS) is 1. The second-order valence-electron chi connectivity index (χ2n) is 5.48. The second-order valence-corrected chi connectivity index (χ2v) is 7.27. The number of carbonyl (C=O) groups is 1. The number of hydrogen-bond acceptors (Lipinski definition) is 3. The largest absolute Gasteiger partial charge is 0.480 e. The van der Waals surface area contributed by atoms with Gasteiger partial charge in [-0.05, 0) is 32.6 Å². The molecule has 1 aliphatic heterocycles. The molecule has 0 bridgehead atoms. The highest BCUT2D eigenvalue weighted by Gasteiger charge is 2.47. The number of nitrogens with one attached hydrogen (secondary N) is 1. The minimum atomic E-state index is -0.712. The average molecular weight is 243 g/mol. The van der Waals surface area contributed by atoms with Gasteiger partial charge in [-0.25, -0.2) is 0 Å². The monoisotopic (exact) mass is 243 g/mol. The first kappa shape index (κ1) is 12.2. The summed E-state index contributed by atoms with van der Waals surface area (Å²) in [6.07, 6.45) is 6.48. The van der Waals surface area contributed by atoms with E-state index in [9.17, 15) is 9.90 Å². The molecule has 0 spiro atoms. The Labute approximate surface area is 101 Å². The smallest absolute Gasteiger partial charge is 0.322 e. The quantitative estimate of drug-likeness (QED) is 0.782. The Morgan fingerprint density at radius 2 is 1.94 bits per heavy atom. The van der Waals surface area contributed by atoms with Crippen molar-refractivity contribution in [1.29, 1.82) is 0 Å². The van der Waals surface area contributed by atoms with Gasteiger partial charge in [0.1, 0.15) is 6.04 Å². The summed E-state index contributed by atoms with van der Waals surface area (Å²) in [4.78, 5) is 11.2. The normalized spacial score (nSPS) is 35.1. The molecule has 3 nitrogen and oxygen atoms in total. The molecule has 1 aliphatic carbocycles. The predicted octanol–water partition coefficient (Wildman–Crippen LogP) is 2.46. The van der Waals surface area contributed by atoms with Gasteiger partial charge in [0.25, 0.3) is 0 Å². The number of thioether (sulfide) groups is 1. The highest BCUT2D eigenvalue weighted by molar-refractivity contribution is 8.01. The van der Waals surface area contributed by atoms with Gasteiger partial charge in [0.15, 0.2) is 0 Å². The Morgan fingerprint density at radius 1 is 1.31 bits per heavy atom. The lowest BCUT2D eigenvalue weighted by Gasteiger charge is -2.27. The highest BCUT2D eigenvalue weighted by atomic mass is 32.2. The van der Waals surface area contributed by atoms with Crippen LogP contribution in [0.1, 0.15) is 46.0 Å². The van der Waals surface area contributed by atoms with E-state index in [0.717, 1.165) is 0 Å². The van der Waals surface area contributed by atoms with Crippen LogP contribution in [0.25, 0.3) is 0 Å². The van der Waals surface area contributed by atoms with E-state index < -0.39 is 12.0 Å². The Hall–Kier alpha value is -0.220. The third kappa shape index (κ3) is 2.38. The van der Waals surface area contributed by atoms with Gasteiger partial charge in [0.05, 0.1) is 5.37 Å². The van der Waals surface area contributed by atoms with Crippen LogP contribution in [0, 0.1) is 5.92 Å². The zero-order valence-electron chi connectivity index (χ0n) is 10.0. The summed E-state index contributed by atoms with van der Waals surface area (Å²) in [5.41, 5.74) is 0. The van der Waals surface area contributed by atoms with Crippen LogP contribution in [0.2, 0.25) is 0 Å². The van der Waals surface area contributed by atoms with Crippen molar-refractivity contribution in [2.45, 2.75) is 62.1 Å². The van der Waals surface area contributed by atoms with Gasteiger partial charge in [-0.2, -0.15) is 0 Å². The summed E-state index contributed by atoms with van der Waals surface area (Å²) in [5.74, 6) is -0.0433. The molecule has 2 N–H and O–H groups in total. The maximum absolute atomic E-state index is 11.2. The van der Waals surface area contributed by atoms with Gasteiger partial charge >= 0.3 is 5.97 Å². The Balaban J connectivity index is 2.01. The Morgan fingerprint density at radius 3 is 2.44 bits per heavy atom. The summed E-state index contributed by atoms with van der Waals surface area (Å²) < 4.78 is -0.187. The molecule has 4 heteroatoms. The lowest BCUT2D eigenvalue weighted by molar-refractivity contribution is -0.140. The van der Waals surface area contributed by atoms with Crippen LogP contribution in [0.3, 0.4) is 0 Å². The maximum Gasteiger partial charge on any atom is 0.322 e. The zero-order valence-corrected chi connectivity index (χ0v) is 10.8. The van der Waals surface area contributed by atoms with Crippen molar-refractivity contribution >= 4 is 17.7 Å². The molecular weight excluding hydrogens is 222 g/mol. The van der Waals surface area contributed by atoms with Crippen LogP contribution >= 0.6 is 11.8 Å². The van der Waals surface area contributed by atoms with Crippen molar-refractivity contribution in [3.63, 3.8) is 0 Å². The summed E-state index contributed by atoms with van der Waals surface area (Å²) >= 11 is 1.82. The minimum Gasteiger partial charge on any atom is -0.480 e. The van der Waals surface area contributed by atoms with Crippen molar-refractivity contribution in [3.05, 3.63) is 0 Å². The molecule has 2 fully saturated rings. The molecular formula is C12H21NO2S.